The number of halogens is 2. The van der Waals surface area contributed by atoms with Crippen LogP contribution < -0.4 is 11.1 Å². The summed E-state index contributed by atoms with van der Waals surface area (Å²) in [6.07, 6.45) is 2.41. The third kappa shape index (κ3) is 3.55. The molecular weight excluding hydrogens is 324 g/mol. The summed E-state index contributed by atoms with van der Waals surface area (Å²) in [7, 11) is 0. The van der Waals surface area contributed by atoms with Crippen molar-refractivity contribution in [3.05, 3.63) is 32.3 Å². The molecule has 0 spiro atoms. The van der Waals surface area contributed by atoms with Crippen molar-refractivity contribution in [3.8, 4) is 0 Å². The first-order chi connectivity index (χ1) is 8.15. The molecule has 2 rings (SSSR count). The van der Waals surface area contributed by atoms with Gasteiger partial charge >= 0.3 is 0 Å². The Kier molecular flexibility index (Phi) is 4.20. The number of hydrogen-bond donors (Lipinski definition) is 2. The van der Waals surface area contributed by atoms with Gasteiger partial charge in [0.1, 0.15) is 0 Å². The second-order valence-corrected chi connectivity index (χ2v) is 6.21. The Morgan fingerprint density at radius 1 is 1.47 bits per heavy atom. The molecule has 0 aromatic carbocycles. The smallest absolute Gasteiger partial charge is 0.224 e. The molecule has 3 N–H and O–H groups in total. The summed E-state index contributed by atoms with van der Waals surface area (Å²) in [5.74, 6) is 0.584. The van der Waals surface area contributed by atoms with Gasteiger partial charge in [-0.1, -0.05) is 0 Å². The fourth-order valence-corrected chi connectivity index (χ4v) is 2.92. The zero-order valence-electron chi connectivity index (χ0n) is 8.78. The van der Waals surface area contributed by atoms with Gasteiger partial charge in [0.25, 0.3) is 0 Å². The summed E-state index contributed by atoms with van der Waals surface area (Å²) in [5, 5.41) is 3.34. The van der Waals surface area contributed by atoms with Crippen LogP contribution in [0.1, 0.15) is 4.88 Å². The molecule has 0 atom stereocenters. The number of nitrogens with two attached hydrogens (primary N) is 1. The molecule has 90 valence electrons. The van der Waals surface area contributed by atoms with Crippen molar-refractivity contribution < 1.29 is 0 Å². The molecule has 7 heteroatoms. The molecule has 2 aromatic rings. The van der Waals surface area contributed by atoms with Gasteiger partial charge in [0.05, 0.1) is 15.7 Å². The Morgan fingerprint density at radius 2 is 2.29 bits per heavy atom. The van der Waals surface area contributed by atoms with Crippen LogP contribution in [0.3, 0.4) is 0 Å². The Hall–Kier alpha value is -0.850. The summed E-state index contributed by atoms with van der Waals surface area (Å²) in [6, 6.07) is 4.13. The first-order valence-electron chi connectivity index (χ1n) is 4.91. The summed E-state index contributed by atoms with van der Waals surface area (Å²) >= 11 is 10.8. The van der Waals surface area contributed by atoms with Crippen molar-refractivity contribution >= 4 is 50.4 Å². The van der Waals surface area contributed by atoms with Gasteiger partial charge < -0.3 is 11.1 Å². The molecule has 0 bridgehead atoms. The highest BCUT2D eigenvalue weighted by Crippen LogP contribution is 2.22. The van der Waals surface area contributed by atoms with Crippen molar-refractivity contribution in [2.45, 2.75) is 6.42 Å². The number of nitrogens with one attached hydrogen (secondary N) is 1. The maximum atomic E-state index is 5.72. The molecule has 17 heavy (non-hydrogen) atoms. The van der Waals surface area contributed by atoms with E-state index in [1.54, 1.807) is 11.3 Å². The molecule has 0 saturated heterocycles. The van der Waals surface area contributed by atoms with Gasteiger partial charge in [-0.25, -0.2) is 4.98 Å². The third-order valence-corrected chi connectivity index (χ3v) is 3.95. The lowest BCUT2D eigenvalue weighted by atomic mass is 10.3. The van der Waals surface area contributed by atoms with E-state index in [4.69, 9.17) is 17.3 Å². The lowest BCUT2D eigenvalue weighted by Gasteiger charge is -2.06. The molecule has 4 nitrogen and oxygen atoms in total. The van der Waals surface area contributed by atoms with Crippen molar-refractivity contribution in [2.24, 2.45) is 0 Å². The van der Waals surface area contributed by atoms with E-state index in [-0.39, 0.29) is 5.28 Å². The molecule has 0 saturated carbocycles. The fourth-order valence-electron chi connectivity index (χ4n) is 1.30. The van der Waals surface area contributed by atoms with Crippen LogP contribution in [0.15, 0.2) is 22.1 Å². The van der Waals surface area contributed by atoms with Crippen LogP contribution in [0, 0.1) is 0 Å². The lowest BCUT2D eigenvalue weighted by Crippen LogP contribution is -2.08. The molecule has 0 unspecified atom stereocenters. The maximum absolute atomic E-state index is 5.72. The van der Waals surface area contributed by atoms with E-state index < -0.39 is 0 Å². The molecule has 0 aliphatic heterocycles. The highest BCUT2D eigenvalue weighted by molar-refractivity contribution is 9.11. The van der Waals surface area contributed by atoms with Gasteiger partial charge in [-0.05, 0) is 46.1 Å². The molecule has 0 radical (unpaired) electrons. The maximum Gasteiger partial charge on any atom is 0.224 e. The number of anilines is 2. The van der Waals surface area contributed by atoms with E-state index in [1.165, 1.54) is 11.1 Å². The van der Waals surface area contributed by atoms with Gasteiger partial charge in [0.2, 0.25) is 5.28 Å². The number of nitrogens with zero attached hydrogens (tertiary/aromatic N) is 2. The summed E-state index contributed by atoms with van der Waals surface area (Å²) in [6.45, 7) is 0.754. The summed E-state index contributed by atoms with van der Waals surface area (Å²) in [5.41, 5.74) is 6.22. The van der Waals surface area contributed by atoms with Crippen LogP contribution in [0.25, 0.3) is 0 Å². The Bertz CT molecular complexity index is 517. The van der Waals surface area contributed by atoms with E-state index in [0.29, 0.717) is 11.5 Å². The first kappa shape index (κ1) is 12.6. The average molecular weight is 334 g/mol. The fraction of sp³-hybridized carbons (Fsp3) is 0.200. The minimum absolute atomic E-state index is 0.195. The van der Waals surface area contributed by atoms with Gasteiger partial charge in [0, 0.05) is 11.4 Å². The van der Waals surface area contributed by atoms with Crippen LogP contribution in [0.2, 0.25) is 5.28 Å². The summed E-state index contributed by atoms with van der Waals surface area (Å²) in [4.78, 5) is 9.11. The largest absolute Gasteiger partial charge is 0.394 e. The molecule has 2 heterocycles. The van der Waals surface area contributed by atoms with Crippen molar-refractivity contribution in [3.63, 3.8) is 0 Å². The molecule has 0 aliphatic rings. The normalized spacial score (nSPS) is 10.5. The monoisotopic (exact) mass is 332 g/mol. The third-order valence-electron chi connectivity index (χ3n) is 2.08. The number of hydrogen-bond acceptors (Lipinski definition) is 5. The van der Waals surface area contributed by atoms with E-state index in [9.17, 15) is 0 Å². The Morgan fingerprint density at radius 3 is 3.00 bits per heavy atom. The molecule has 0 amide bonds. The van der Waals surface area contributed by atoms with E-state index in [2.05, 4.69) is 37.3 Å². The number of rotatable bonds is 4. The molecule has 0 aliphatic carbocycles. The highest BCUT2D eigenvalue weighted by Gasteiger charge is 2.03. The first-order valence-corrected chi connectivity index (χ1v) is 6.90. The minimum Gasteiger partial charge on any atom is -0.394 e. The van der Waals surface area contributed by atoms with Gasteiger partial charge in [-0.3, -0.25) is 0 Å². The number of aromatic nitrogens is 2. The van der Waals surface area contributed by atoms with Gasteiger partial charge in [0.15, 0.2) is 5.82 Å². The Labute approximate surface area is 116 Å². The van der Waals surface area contributed by atoms with E-state index in [1.807, 2.05) is 6.07 Å². The predicted molar refractivity (Wildman–Crippen MR) is 75.7 cm³/mol. The van der Waals surface area contributed by atoms with Crippen molar-refractivity contribution in [1.82, 2.24) is 9.97 Å². The van der Waals surface area contributed by atoms with Crippen molar-refractivity contribution in [1.29, 1.82) is 0 Å². The van der Waals surface area contributed by atoms with Crippen molar-refractivity contribution in [2.75, 3.05) is 17.6 Å². The molecule has 2 aromatic heterocycles. The van der Waals surface area contributed by atoms with Gasteiger partial charge in [-0.15, -0.1) is 11.3 Å². The minimum atomic E-state index is 0.195. The topological polar surface area (TPSA) is 63.8 Å². The second kappa shape index (κ2) is 5.66. The quantitative estimate of drug-likeness (QED) is 0.843. The number of nitrogen functional groups attached to an aromatic ring is 1. The SMILES string of the molecule is Nc1cnc(Cl)nc1NCCc1ccc(Br)s1. The predicted octanol–water partition coefficient (Wildman–Crippen LogP) is 3.19. The zero-order chi connectivity index (χ0) is 12.3. The van der Waals surface area contributed by atoms with Crippen LogP contribution in [-0.2, 0) is 6.42 Å². The molecule has 0 fully saturated rings. The zero-order valence-corrected chi connectivity index (χ0v) is 11.9. The van der Waals surface area contributed by atoms with E-state index >= 15 is 0 Å². The lowest BCUT2D eigenvalue weighted by molar-refractivity contribution is 1.02. The highest BCUT2D eigenvalue weighted by atomic mass is 79.9. The van der Waals surface area contributed by atoms with Crippen LogP contribution in [-0.4, -0.2) is 16.5 Å². The summed E-state index contributed by atoms with van der Waals surface area (Å²) < 4.78 is 1.14. The van der Waals surface area contributed by atoms with Crippen LogP contribution in [0.4, 0.5) is 11.5 Å². The van der Waals surface area contributed by atoms with Gasteiger partial charge in [-0.2, -0.15) is 4.98 Å². The second-order valence-electron chi connectivity index (χ2n) is 3.33. The number of thiophene rings is 1. The standard InChI is InChI=1S/C10H10BrClN4S/c11-8-2-1-6(17-8)3-4-14-9-7(13)5-15-10(12)16-9/h1-2,5H,3-4,13H2,(H,14,15,16). The molecular formula is C10H10BrClN4S. The average Bonchev–Trinajstić information content (AvgIpc) is 2.69. The Balaban J connectivity index is 1.91. The van der Waals surface area contributed by atoms with Crippen LogP contribution in [0.5, 0.6) is 0 Å². The van der Waals surface area contributed by atoms with E-state index in [0.717, 1.165) is 16.8 Å². The van der Waals surface area contributed by atoms with Crippen LogP contribution >= 0.6 is 38.9 Å².